The van der Waals surface area contributed by atoms with Gasteiger partial charge in [-0.15, -0.1) is 0 Å². The van der Waals surface area contributed by atoms with Crippen molar-refractivity contribution in [3.05, 3.63) is 267 Å². The molecule has 0 fully saturated rings. The third-order valence-corrected chi connectivity index (χ3v) is 13.8. The third kappa shape index (κ3) is 7.59. The number of hydrogen-bond acceptors (Lipinski definition) is 2. The molecule has 0 amide bonds. The predicted molar refractivity (Wildman–Crippen MR) is 296 cm³/mol. The molecule has 1 heterocycles. The van der Waals surface area contributed by atoms with E-state index in [9.17, 15) is 0 Å². The van der Waals surface area contributed by atoms with Crippen molar-refractivity contribution in [1.29, 1.82) is 0 Å². The second-order valence-electron chi connectivity index (χ2n) is 18.1. The lowest BCUT2D eigenvalue weighted by molar-refractivity contribution is 1.18. The second-order valence-corrected chi connectivity index (χ2v) is 18.1. The highest BCUT2D eigenvalue weighted by Crippen LogP contribution is 2.40. The highest BCUT2D eigenvalue weighted by molar-refractivity contribution is 6.15. The first-order valence-corrected chi connectivity index (χ1v) is 24.0. The zero-order valence-corrected chi connectivity index (χ0v) is 38.3. The molecule has 0 aliphatic carbocycles. The van der Waals surface area contributed by atoms with Crippen LogP contribution >= 0.6 is 0 Å². The molecule has 1 aromatic heterocycles. The molecule has 13 aromatic rings. The Balaban J connectivity index is 0.922. The van der Waals surface area contributed by atoms with Crippen LogP contribution in [0.5, 0.6) is 0 Å². The summed E-state index contributed by atoms with van der Waals surface area (Å²) in [5, 5.41) is 9.96. The number of nitrogens with zero attached hydrogens (tertiary/aromatic N) is 2. The lowest BCUT2D eigenvalue weighted by atomic mass is 9.91. The van der Waals surface area contributed by atoms with Gasteiger partial charge >= 0.3 is 0 Å². The van der Waals surface area contributed by atoms with Crippen LogP contribution in [0.4, 0.5) is 0 Å². The van der Waals surface area contributed by atoms with Gasteiger partial charge in [0.05, 0.1) is 11.4 Å². The zero-order chi connectivity index (χ0) is 46.4. The minimum atomic E-state index is 0.676. The maximum atomic E-state index is 5.40. The molecule has 0 N–H and O–H groups in total. The summed E-state index contributed by atoms with van der Waals surface area (Å²) in [5.41, 5.74) is 16.4. The molecule has 0 spiro atoms. The Bertz CT molecular complexity index is 4110. The van der Waals surface area contributed by atoms with Gasteiger partial charge in [-0.2, -0.15) is 0 Å². The van der Waals surface area contributed by atoms with Crippen LogP contribution < -0.4 is 0 Å². The quantitative estimate of drug-likeness (QED) is 0.142. The molecule has 0 aliphatic heterocycles. The van der Waals surface area contributed by atoms with Gasteiger partial charge in [0.1, 0.15) is 0 Å². The van der Waals surface area contributed by atoms with E-state index in [-0.39, 0.29) is 0 Å². The fourth-order valence-electron chi connectivity index (χ4n) is 10.4. The topological polar surface area (TPSA) is 25.8 Å². The molecule has 2 nitrogen and oxygen atoms in total. The van der Waals surface area contributed by atoms with E-state index >= 15 is 0 Å². The summed E-state index contributed by atoms with van der Waals surface area (Å²) < 4.78 is 0. The van der Waals surface area contributed by atoms with Crippen LogP contribution in [0.3, 0.4) is 0 Å². The summed E-state index contributed by atoms with van der Waals surface area (Å²) in [6.07, 6.45) is 0. The molecule has 0 saturated heterocycles. The van der Waals surface area contributed by atoms with Gasteiger partial charge in [0.25, 0.3) is 0 Å². The van der Waals surface area contributed by atoms with E-state index in [1.807, 2.05) is 0 Å². The van der Waals surface area contributed by atoms with Gasteiger partial charge in [-0.25, -0.2) is 9.97 Å². The monoisotopic (exact) mass is 888 g/mol. The van der Waals surface area contributed by atoms with Crippen LogP contribution in [0, 0.1) is 0 Å². The van der Waals surface area contributed by atoms with Gasteiger partial charge in [0.15, 0.2) is 5.82 Å². The van der Waals surface area contributed by atoms with Crippen LogP contribution in [-0.4, -0.2) is 9.97 Å². The van der Waals surface area contributed by atoms with Gasteiger partial charge in [-0.1, -0.05) is 224 Å². The molecular weight excluding hydrogens is 845 g/mol. The highest BCUT2D eigenvalue weighted by atomic mass is 14.9. The minimum absolute atomic E-state index is 0.676. The fraction of sp³-hybridized carbons (Fsp3) is 0. The number of fused-ring (bicyclic) bond motifs is 6. The molecule has 326 valence electrons. The smallest absolute Gasteiger partial charge is 0.160 e. The van der Waals surface area contributed by atoms with Gasteiger partial charge in [0.2, 0.25) is 0 Å². The molecule has 0 atom stereocenters. The van der Waals surface area contributed by atoms with Crippen molar-refractivity contribution in [2.24, 2.45) is 0 Å². The van der Waals surface area contributed by atoms with Crippen molar-refractivity contribution < 1.29 is 0 Å². The average Bonchev–Trinajstić information content (AvgIpc) is 3.45. The van der Waals surface area contributed by atoms with Crippen LogP contribution in [0.15, 0.2) is 267 Å². The Morgan fingerprint density at radius 1 is 0.186 bits per heavy atom. The Kier molecular flexibility index (Phi) is 10.2. The number of aromatic nitrogens is 2. The summed E-state index contributed by atoms with van der Waals surface area (Å²) in [4.78, 5) is 10.8. The van der Waals surface area contributed by atoms with Crippen molar-refractivity contribution in [2.45, 2.75) is 0 Å². The molecule has 70 heavy (non-hydrogen) atoms. The highest BCUT2D eigenvalue weighted by Gasteiger charge is 2.16. The SMILES string of the molecule is c1ccc(-c2cccc(-c3ccc(-c4cc(-c5cccc(-c6cccc(-c7cc8ccccc8c8ccccc78)c6)c5)nc(-c5cccc(-c6cc7ccccc7c7ccccc67)c5)n4)cc3)c2)cc1. The van der Waals surface area contributed by atoms with Crippen LogP contribution in [0.1, 0.15) is 0 Å². The maximum absolute atomic E-state index is 5.40. The summed E-state index contributed by atoms with van der Waals surface area (Å²) in [5.74, 6) is 0.676. The Labute approximate surface area is 407 Å². The first-order valence-electron chi connectivity index (χ1n) is 24.0. The molecule has 0 aliphatic rings. The summed E-state index contributed by atoms with van der Waals surface area (Å²) in [6.45, 7) is 0. The van der Waals surface area contributed by atoms with E-state index in [1.54, 1.807) is 0 Å². The summed E-state index contributed by atoms with van der Waals surface area (Å²) in [6, 6.07) is 96.2. The van der Waals surface area contributed by atoms with E-state index in [0.717, 1.165) is 50.3 Å². The fourth-order valence-corrected chi connectivity index (χ4v) is 10.4. The molecule has 0 radical (unpaired) electrons. The maximum Gasteiger partial charge on any atom is 0.160 e. The molecule has 13 rings (SSSR count). The van der Waals surface area contributed by atoms with Crippen molar-refractivity contribution >= 4 is 43.1 Å². The van der Waals surface area contributed by atoms with E-state index < -0.39 is 0 Å². The summed E-state index contributed by atoms with van der Waals surface area (Å²) in [7, 11) is 0. The predicted octanol–water partition coefficient (Wildman–Crippen LogP) is 18.4. The summed E-state index contributed by atoms with van der Waals surface area (Å²) >= 11 is 0. The van der Waals surface area contributed by atoms with E-state index in [2.05, 4.69) is 267 Å². The molecule has 0 bridgehead atoms. The van der Waals surface area contributed by atoms with E-state index in [0.29, 0.717) is 5.82 Å². The van der Waals surface area contributed by atoms with Gasteiger partial charge < -0.3 is 0 Å². The van der Waals surface area contributed by atoms with Crippen LogP contribution in [0.25, 0.3) is 133 Å². The largest absolute Gasteiger partial charge is 0.228 e. The lowest BCUT2D eigenvalue weighted by Crippen LogP contribution is -1.96. The molecule has 0 unspecified atom stereocenters. The average molecular weight is 889 g/mol. The van der Waals surface area contributed by atoms with Crippen molar-refractivity contribution in [1.82, 2.24) is 9.97 Å². The van der Waals surface area contributed by atoms with Gasteiger partial charge in [-0.05, 0) is 141 Å². The minimum Gasteiger partial charge on any atom is -0.228 e. The second kappa shape index (κ2) is 17.4. The van der Waals surface area contributed by atoms with Gasteiger partial charge in [0, 0.05) is 16.7 Å². The van der Waals surface area contributed by atoms with Crippen molar-refractivity contribution in [2.75, 3.05) is 0 Å². The van der Waals surface area contributed by atoms with E-state index in [4.69, 9.17) is 9.97 Å². The van der Waals surface area contributed by atoms with Crippen LogP contribution in [0.2, 0.25) is 0 Å². The first-order chi connectivity index (χ1) is 34.7. The van der Waals surface area contributed by atoms with Crippen LogP contribution in [-0.2, 0) is 0 Å². The Hall–Kier alpha value is -9.24. The van der Waals surface area contributed by atoms with Crippen molar-refractivity contribution in [3.63, 3.8) is 0 Å². The van der Waals surface area contributed by atoms with Crippen molar-refractivity contribution in [3.8, 4) is 89.5 Å². The number of hydrogen-bond donors (Lipinski definition) is 0. The zero-order valence-electron chi connectivity index (χ0n) is 38.3. The standard InChI is InChI=1S/C68H44N2/c1-2-16-45(17-3-1)48-20-12-21-49(38-48)46-34-36-47(37-35-46)66-44-67(70-68(69-66)57-27-15-25-53(41-57)65-43-55-19-5-7-29-59(55)61-31-9-11-33-63(61)65)56-26-14-23-51(40-56)50-22-13-24-52(39-50)64-42-54-18-4-6-28-58(54)60-30-8-10-32-62(60)64/h1-44H. The third-order valence-electron chi connectivity index (χ3n) is 13.8. The Morgan fingerprint density at radius 3 is 1.09 bits per heavy atom. The number of benzene rings is 12. The van der Waals surface area contributed by atoms with E-state index in [1.165, 1.54) is 76.5 Å². The lowest BCUT2D eigenvalue weighted by Gasteiger charge is -2.14. The normalized spacial score (nSPS) is 11.4. The van der Waals surface area contributed by atoms with Gasteiger partial charge in [-0.3, -0.25) is 0 Å². The Morgan fingerprint density at radius 2 is 0.529 bits per heavy atom. The molecule has 2 heteroatoms. The number of rotatable bonds is 8. The molecule has 0 saturated carbocycles. The first kappa shape index (κ1) is 41.0. The molecular formula is C68H44N2. The molecule has 12 aromatic carbocycles.